The number of nitrogens with two attached hydrogens (primary N) is 1. The van der Waals surface area contributed by atoms with E-state index in [1.54, 1.807) is 0 Å². The van der Waals surface area contributed by atoms with Gasteiger partial charge in [-0.25, -0.2) is 23.5 Å². The van der Waals surface area contributed by atoms with Crippen LogP contribution in [-0.4, -0.2) is 24.3 Å². The molecule has 2 rings (SSSR count). The molecule has 2 heterocycles. The number of anilines is 1. The van der Waals surface area contributed by atoms with Crippen LogP contribution < -0.4 is 10.5 Å². The zero-order chi connectivity index (χ0) is 18.1. The van der Waals surface area contributed by atoms with Crippen molar-refractivity contribution in [1.82, 2.24) is 9.97 Å². The van der Waals surface area contributed by atoms with Crippen LogP contribution >= 0.6 is 11.6 Å². The van der Waals surface area contributed by atoms with Gasteiger partial charge in [-0.2, -0.15) is 13.2 Å². The molecular weight excluding hydrogens is 373 g/mol. The van der Waals surface area contributed by atoms with Crippen LogP contribution in [0.2, 0.25) is 5.15 Å². The van der Waals surface area contributed by atoms with Gasteiger partial charge in [0.05, 0.1) is 11.1 Å². The molecule has 0 aliphatic carbocycles. The van der Waals surface area contributed by atoms with Crippen molar-refractivity contribution in [2.75, 3.05) is 5.32 Å². The molecule has 3 N–H and O–H groups in total. The second-order valence-corrected chi connectivity index (χ2v) is 6.31. The monoisotopic (exact) mass is 380 g/mol. The van der Waals surface area contributed by atoms with Gasteiger partial charge in [-0.15, -0.1) is 0 Å². The summed E-state index contributed by atoms with van der Waals surface area (Å²) in [6.45, 7) is 0. The molecule has 12 heteroatoms. The Morgan fingerprint density at radius 2 is 1.92 bits per heavy atom. The molecule has 0 spiro atoms. The molecule has 24 heavy (non-hydrogen) atoms. The summed E-state index contributed by atoms with van der Waals surface area (Å²) >= 11 is 5.64. The Hall–Kier alpha value is -2.24. The first-order valence-electron chi connectivity index (χ1n) is 6.01. The molecule has 0 saturated heterocycles. The summed E-state index contributed by atoms with van der Waals surface area (Å²) in [4.78, 5) is 18.9. The maximum absolute atomic E-state index is 12.7. The maximum atomic E-state index is 12.7. The van der Waals surface area contributed by atoms with Crippen molar-refractivity contribution in [3.05, 3.63) is 46.9 Å². The van der Waals surface area contributed by atoms with Gasteiger partial charge in [-0.1, -0.05) is 11.6 Å². The fraction of sp³-hybridized carbons (Fsp3) is 0.0833. The van der Waals surface area contributed by atoms with Crippen LogP contribution in [0.15, 0.2) is 35.6 Å². The van der Waals surface area contributed by atoms with E-state index in [9.17, 15) is 26.4 Å². The largest absolute Gasteiger partial charge is 0.417 e. The normalized spacial score (nSPS) is 12.0. The van der Waals surface area contributed by atoms with E-state index < -0.39 is 43.4 Å². The van der Waals surface area contributed by atoms with Gasteiger partial charge in [0.25, 0.3) is 15.9 Å². The first kappa shape index (κ1) is 18.1. The lowest BCUT2D eigenvalue weighted by atomic mass is 10.2. The van der Waals surface area contributed by atoms with Crippen molar-refractivity contribution in [2.45, 2.75) is 11.2 Å². The predicted molar refractivity (Wildman–Crippen MR) is 77.8 cm³/mol. The third-order valence-corrected chi connectivity index (χ3v) is 3.80. The molecule has 128 valence electrons. The van der Waals surface area contributed by atoms with Crippen molar-refractivity contribution in [3.63, 3.8) is 0 Å². The van der Waals surface area contributed by atoms with Crippen molar-refractivity contribution in [3.8, 4) is 0 Å². The van der Waals surface area contributed by atoms with Crippen LogP contribution in [0, 0.1) is 0 Å². The molecule has 0 saturated carbocycles. The minimum Gasteiger partial charge on any atom is -0.322 e. The summed E-state index contributed by atoms with van der Waals surface area (Å²) < 4.78 is 60.4. The lowest BCUT2D eigenvalue weighted by Crippen LogP contribution is -2.17. The predicted octanol–water partition coefficient (Wildman–Crippen LogP) is 2.05. The van der Waals surface area contributed by atoms with Gasteiger partial charge >= 0.3 is 6.18 Å². The van der Waals surface area contributed by atoms with E-state index in [2.05, 4.69) is 15.3 Å². The molecule has 0 unspecified atom stereocenters. The standard InChI is InChI=1S/C12H8ClF3N4O3S/c13-10-8(3-6(5-19-10)12(14,15)16)11(21)20-7-1-2-18-9(4-7)24(17,22)23/h1-5H,(H2,17,22,23)(H,18,20,21). The molecule has 0 atom stereocenters. The average molecular weight is 381 g/mol. The molecule has 0 fully saturated rings. The number of halogens is 4. The smallest absolute Gasteiger partial charge is 0.322 e. The summed E-state index contributed by atoms with van der Waals surface area (Å²) in [5, 5.41) is 6.14. The molecule has 0 radical (unpaired) electrons. The Bertz CT molecular complexity index is 903. The number of rotatable bonds is 3. The minimum atomic E-state index is -4.70. The van der Waals surface area contributed by atoms with Crippen LogP contribution in [0.4, 0.5) is 18.9 Å². The third-order valence-electron chi connectivity index (χ3n) is 2.70. The number of sulfonamides is 1. The third kappa shape index (κ3) is 4.19. The van der Waals surface area contributed by atoms with Crippen LogP contribution in [0.25, 0.3) is 0 Å². The van der Waals surface area contributed by atoms with Crippen LogP contribution in [0.1, 0.15) is 15.9 Å². The molecule has 2 aromatic heterocycles. The number of carbonyl (C=O) groups excluding carboxylic acids is 1. The van der Waals surface area contributed by atoms with E-state index in [0.29, 0.717) is 12.3 Å². The molecule has 0 aliphatic heterocycles. The highest BCUT2D eigenvalue weighted by Gasteiger charge is 2.32. The number of hydrogen-bond acceptors (Lipinski definition) is 5. The Morgan fingerprint density at radius 3 is 2.50 bits per heavy atom. The van der Waals surface area contributed by atoms with E-state index in [-0.39, 0.29) is 5.69 Å². The first-order valence-corrected chi connectivity index (χ1v) is 7.94. The van der Waals surface area contributed by atoms with Gasteiger partial charge in [-0.3, -0.25) is 4.79 Å². The zero-order valence-electron chi connectivity index (χ0n) is 11.5. The van der Waals surface area contributed by atoms with Gasteiger partial charge in [0.1, 0.15) is 5.15 Å². The topological polar surface area (TPSA) is 115 Å². The molecule has 7 nitrogen and oxygen atoms in total. The lowest BCUT2D eigenvalue weighted by Gasteiger charge is -2.10. The number of aromatic nitrogens is 2. The van der Waals surface area contributed by atoms with E-state index in [0.717, 1.165) is 12.3 Å². The molecule has 1 amide bonds. The van der Waals surface area contributed by atoms with Crippen molar-refractivity contribution >= 4 is 33.2 Å². The molecule has 2 aromatic rings. The summed E-state index contributed by atoms with van der Waals surface area (Å²) in [5.74, 6) is -1.01. The number of hydrogen-bond donors (Lipinski definition) is 2. The van der Waals surface area contributed by atoms with Crippen LogP contribution in [0.5, 0.6) is 0 Å². The van der Waals surface area contributed by atoms with Crippen molar-refractivity contribution < 1.29 is 26.4 Å². The second-order valence-electron chi connectivity index (χ2n) is 4.44. The van der Waals surface area contributed by atoms with E-state index in [1.807, 2.05) is 0 Å². The van der Waals surface area contributed by atoms with Gasteiger partial charge in [0, 0.05) is 24.1 Å². The summed E-state index contributed by atoms with van der Waals surface area (Å²) in [6, 6.07) is 2.70. The van der Waals surface area contributed by atoms with Crippen molar-refractivity contribution in [1.29, 1.82) is 0 Å². The maximum Gasteiger partial charge on any atom is 0.417 e. The van der Waals surface area contributed by atoms with Gasteiger partial charge < -0.3 is 5.32 Å². The number of carbonyl (C=O) groups is 1. The minimum absolute atomic E-state index is 0.0486. The average Bonchev–Trinajstić information content (AvgIpc) is 2.45. The molecule has 0 bridgehead atoms. The fourth-order valence-electron chi connectivity index (χ4n) is 1.60. The molecule has 0 aromatic carbocycles. The Labute approximate surface area is 138 Å². The SMILES string of the molecule is NS(=O)(=O)c1cc(NC(=O)c2cc(C(F)(F)F)cnc2Cl)ccn1. The number of alkyl halides is 3. The first-order chi connectivity index (χ1) is 11.0. The Balaban J connectivity index is 2.34. The van der Waals surface area contributed by atoms with E-state index >= 15 is 0 Å². The quantitative estimate of drug-likeness (QED) is 0.791. The Morgan fingerprint density at radius 1 is 1.25 bits per heavy atom. The number of nitrogens with zero attached hydrogens (tertiary/aromatic N) is 2. The van der Waals surface area contributed by atoms with Gasteiger partial charge in [0.15, 0.2) is 5.03 Å². The number of pyridine rings is 2. The number of primary sulfonamides is 1. The van der Waals surface area contributed by atoms with Crippen molar-refractivity contribution in [2.24, 2.45) is 5.14 Å². The highest BCUT2D eigenvalue weighted by atomic mass is 35.5. The van der Waals surface area contributed by atoms with E-state index in [4.69, 9.17) is 16.7 Å². The highest BCUT2D eigenvalue weighted by molar-refractivity contribution is 7.89. The summed E-state index contributed by atoms with van der Waals surface area (Å²) in [5.41, 5.74) is -1.73. The van der Waals surface area contributed by atoms with Gasteiger partial charge in [-0.05, 0) is 12.1 Å². The Kier molecular flexibility index (Phi) is 4.78. The van der Waals surface area contributed by atoms with E-state index in [1.165, 1.54) is 6.07 Å². The molecule has 0 aliphatic rings. The lowest BCUT2D eigenvalue weighted by molar-refractivity contribution is -0.137. The summed E-state index contributed by atoms with van der Waals surface area (Å²) in [6.07, 6.45) is -3.16. The highest BCUT2D eigenvalue weighted by Crippen LogP contribution is 2.30. The van der Waals surface area contributed by atoms with Gasteiger partial charge in [0.2, 0.25) is 0 Å². The van der Waals surface area contributed by atoms with Crippen LogP contribution in [0.3, 0.4) is 0 Å². The molecular formula is C12H8ClF3N4O3S. The second kappa shape index (κ2) is 6.34. The fourth-order valence-corrected chi connectivity index (χ4v) is 2.29. The number of amides is 1. The van der Waals surface area contributed by atoms with Crippen LogP contribution in [-0.2, 0) is 16.2 Å². The number of nitrogens with one attached hydrogen (secondary N) is 1. The summed E-state index contributed by atoms with van der Waals surface area (Å²) in [7, 11) is -4.11. The zero-order valence-corrected chi connectivity index (χ0v) is 13.1.